The summed E-state index contributed by atoms with van der Waals surface area (Å²) in [6.07, 6.45) is 5.46. The molecule has 1 aromatic heterocycles. The Morgan fingerprint density at radius 2 is 1.58 bits per heavy atom. The fourth-order valence-electron chi connectivity index (χ4n) is 4.11. The number of carbonyl (C=O) groups excluding carboxylic acids is 2. The summed E-state index contributed by atoms with van der Waals surface area (Å²) >= 11 is 0. The summed E-state index contributed by atoms with van der Waals surface area (Å²) in [7, 11) is 0. The zero-order valence-corrected chi connectivity index (χ0v) is 20.5. The summed E-state index contributed by atoms with van der Waals surface area (Å²) < 4.78 is 12.4. The second-order valence-electron chi connectivity index (χ2n) is 10.1. The molecule has 5 nitrogen and oxygen atoms in total. The first-order valence-corrected chi connectivity index (χ1v) is 11.9. The Bertz CT molecular complexity index is 1240. The van der Waals surface area contributed by atoms with Crippen molar-refractivity contribution < 1.29 is 19.1 Å². The Labute approximate surface area is 195 Å². The van der Waals surface area contributed by atoms with E-state index in [-0.39, 0.29) is 22.8 Å². The number of rotatable bonds is 7. The number of hydrogen-bond donors (Lipinski definition) is 0. The van der Waals surface area contributed by atoms with Gasteiger partial charge in [-0.25, -0.2) is 4.98 Å². The van der Waals surface area contributed by atoms with Gasteiger partial charge in [-0.3, -0.25) is 9.59 Å². The maximum atomic E-state index is 13.4. The van der Waals surface area contributed by atoms with Crippen LogP contribution in [0, 0.1) is 0 Å². The minimum absolute atomic E-state index is 0.208. The van der Waals surface area contributed by atoms with Crippen LogP contribution in [0.4, 0.5) is 0 Å². The van der Waals surface area contributed by atoms with Gasteiger partial charge in [0, 0.05) is 17.5 Å². The van der Waals surface area contributed by atoms with Gasteiger partial charge in [0.1, 0.15) is 34.0 Å². The minimum atomic E-state index is -0.929. The van der Waals surface area contributed by atoms with Gasteiger partial charge in [0.2, 0.25) is 0 Å². The molecule has 1 atom stereocenters. The fourth-order valence-corrected chi connectivity index (χ4v) is 4.11. The van der Waals surface area contributed by atoms with Gasteiger partial charge >= 0.3 is 0 Å². The van der Waals surface area contributed by atoms with Gasteiger partial charge in [0.15, 0.2) is 11.6 Å². The lowest BCUT2D eigenvalue weighted by Gasteiger charge is -2.27. The molecule has 5 heteroatoms. The predicted octanol–water partition coefficient (Wildman–Crippen LogP) is 4.70. The summed E-state index contributed by atoms with van der Waals surface area (Å²) in [6, 6.07) is 8.91. The molecule has 0 fully saturated rings. The molecule has 0 bridgehead atoms. The average molecular weight is 448 g/mol. The van der Waals surface area contributed by atoms with Crippen LogP contribution in [0.5, 0.6) is 5.75 Å². The van der Waals surface area contributed by atoms with Crippen LogP contribution in [0.1, 0.15) is 99.6 Å². The van der Waals surface area contributed by atoms with Gasteiger partial charge in [0.25, 0.3) is 0 Å². The number of Topliss-reactive ketones (excluding diaryl/α,β-unsaturated/α-hetero) is 2. The molecule has 2 aliphatic rings. The molecule has 0 amide bonds. The van der Waals surface area contributed by atoms with Gasteiger partial charge < -0.3 is 9.47 Å². The number of aromatic nitrogens is 1. The van der Waals surface area contributed by atoms with E-state index in [1.807, 2.05) is 26.8 Å². The van der Waals surface area contributed by atoms with Crippen LogP contribution in [-0.4, -0.2) is 27.8 Å². The fraction of sp³-hybridized carbons (Fsp3) is 0.464. The van der Waals surface area contributed by atoms with E-state index >= 15 is 0 Å². The first kappa shape index (κ1) is 23.2. The highest BCUT2D eigenvalue weighted by Crippen LogP contribution is 2.36. The van der Waals surface area contributed by atoms with E-state index in [0.717, 1.165) is 42.0 Å². The Morgan fingerprint density at radius 3 is 2.27 bits per heavy atom. The maximum absolute atomic E-state index is 13.4. The van der Waals surface area contributed by atoms with E-state index in [4.69, 9.17) is 14.5 Å². The van der Waals surface area contributed by atoms with Gasteiger partial charge in [-0.05, 0) is 76.4 Å². The molecule has 33 heavy (non-hydrogen) atoms. The second kappa shape index (κ2) is 8.44. The third kappa shape index (κ3) is 4.46. The van der Waals surface area contributed by atoms with E-state index in [1.165, 1.54) is 0 Å². The summed E-state index contributed by atoms with van der Waals surface area (Å²) in [4.78, 5) is 31.4. The van der Waals surface area contributed by atoms with Crippen LogP contribution in [-0.2, 0) is 4.74 Å². The lowest BCUT2D eigenvalue weighted by atomic mass is 9.98. The second-order valence-corrected chi connectivity index (χ2v) is 10.1. The van der Waals surface area contributed by atoms with Crippen molar-refractivity contribution in [1.82, 2.24) is 4.98 Å². The normalized spacial score (nSPS) is 18.0. The molecule has 174 valence electrons. The number of nitrogens with zero attached hydrogens (tertiary/aromatic N) is 1. The van der Waals surface area contributed by atoms with Crippen molar-refractivity contribution in [2.24, 2.45) is 0 Å². The van der Waals surface area contributed by atoms with Crippen LogP contribution >= 0.6 is 0 Å². The summed E-state index contributed by atoms with van der Waals surface area (Å²) in [5.41, 5.74) is 0.661. The Kier molecular flexibility index (Phi) is 5.94. The summed E-state index contributed by atoms with van der Waals surface area (Å²) in [5.74, 6) is 0.0654. The van der Waals surface area contributed by atoms with Crippen molar-refractivity contribution >= 4 is 23.4 Å². The van der Waals surface area contributed by atoms with Crippen molar-refractivity contribution in [3.05, 3.63) is 57.7 Å². The number of pyridine rings is 1. The molecule has 0 spiro atoms. The average Bonchev–Trinajstić information content (AvgIpc) is 3.03. The monoisotopic (exact) mass is 447 g/mol. The number of ketones is 2. The Morgan fingerprint density at radius 1 is 0.909 bits per heavy atom. The third-order valence-electron chi connectivity index (χ3n) is 6.79. The molecule has 4 rings (SSSR count). The molecule has 1 aromatic carbocycles. The molecule has 0 saturated carbocycles. The van der Waals surface area contributed by atoms with Crippen molar-refractivity contribution in [3.63, 3.8) is 0 Å². The zero-order chi connectivity index (χ0) is 24.0. The number of benzene rings is 1. The molecule has 1 unspecified atom stereocenters. The quantitative estimate of drug-likeness (QED) is 0.576. The lowest BCUT2D eigenvalue weighted by Crippen LogP contribution is -2.37. The van der Waals surface area contributed by atoms with Gasteiger partial charge in [-0.2, -0.15) is 0 Å². The third-order valence-corrected chi connectivity index (χ3v) is 6.79. The first-order chi connectivity index (χ1) is 15.5. The van der Waals surface area contributed by atoms with Crippen LogP contribution in [0.3, 0.4) is 0 Å². The maximum Gasteiger partial charge on any atom is 0.180 e. The molecule has 0 N–H and O–H groups in total. The Hall–Kier alpha value is -2.95. The molecule has 2 aromatic rings. The van der Waals surface area contributed by atoms with Crippen LogP contribution in [0.15, 0.2) is 30.3 Å². The number of carbonyl (C=O) groups is 2. The van der Waals surface area contributed by atoms with Crippen molar-refractivity contribution in [3.8, 4) is 5.75 Å². The number of hydrogen-bond acceptors (Lipinski definition) is 5. The SMILES string of the molecule is CCC(C)(C)OC1=c2nc(C3C(=O)c4ccc(OC(C)(C)CC)cc4C3=O)ccc2=CCC1. The van der Waals surface area contributed by atoms with Crippen molar-refractivity contribution in [1.29, 1.82) is 0 Å². The van der Waals surface area contributed by atoms with Gasteiger partial charge in [-0.1, -0.05) is 26.0 Å². The molecule has 0 saturated heterocycles. The highest BCUT2D eigenvalue weighted by molar-refractivity contribution is 6.29. The molecule has 0 radical (unpaired) electrons. The summed E-state index contributed by atoms with van der Waals surface area (Å²) in [6.45, 7) is 12.3. The largest absolute Gasteiger partial charge is 0.490 e. The van der Waals surface area contributed by atoms with Crippen LogP contribution in [0.2, 0.25) is 0 Å². The molecule has 0 aliphatic heterocycles. The molecular weight excluding hydrogens is 414 g/mol. The lowest BCUT2D eigenvalue weighted by molar-refractivity contribution is 0.0647. The minimum Gasteiger partial charge on any atom is -0.490 e. The smallest absolute Gasteiger partial charge is 0.180 e. The topological polar surface area (TPSA) is 65.5 Å². The first-order valence-electron chi connectivity index (χ1n) is 11.9. The van der Waals surface area contributed by atoms with E-state index in [1.54, 1.807) is 24.3 Å². The van der Waals surface area contributed by atoms with Crippen molar-refractivity contribution in [2.75, 3.05) is 0 Å². The Balaban J connectivity index is 1.73. The zero-order valence-electron chi connectivity index (χ0n) is 20.5. The van der Waals surface area contributed by atoms with E-state index in [9.17, 15) is 9.59 Å². The standard InChI is InChI=1S/C28H33NO4/c1-7-27(3,4)32-18-13-14-19-20(16-18)26(31)23(25(19)30)21-15-12-17-10-9-11-22(24(17)29-21)33-28(5,6)8-2/h10,12-16,23H,7-9,11H2,1-6H3. The summed E-state index contributed by atoms with van der Waals surface area (Å²) in [5, 5.41) is 1.73. The highest BCUT2D eigenvalue weighted by atomic mass is 16.5. The predicted molar refractivity (Wildman–Crippen MR) is 129 cm³/mol. The molecule has 1 heterocycles. The molecule has 2 aliphatic carbocycles. The number of ether oxygens (including phenoxy) is 2. The molecular formula is C28H33NO4. The van der Waals surface area contributed by atoms with E-state index < -0.39 is 5.92 Å². The highest BCUT2D eigenvalue weighted by Gasteiger charge is 2.41. The number of fused-ring (bicyclic) bond motifs is 2. The van der Waals surface area contributed by atoms with Crippen LogP contribution in [0.25, 0.3) is 11.8 Å². The van der Waals surface area contributed by atoms with Crippen molar-refractivity contribution in [2.45, 2.75) is 84.3 Å². The van der Waals surface area contributed by atoms with E-state index in [0.29, 0.717) is 22.6 Å². The van der Waals surface area contributed by atoms with Crippen LogP contribution < -0.4 is 15.3 Å². The van der Waals surface area contributed by atoms with E-state index in [2.05, 4.69) is 26.8 Å². The van der Waals surface area contributed by atoms with Gasteiger partial charge in [-0.15, -0.1) is 0 Å². The van der Waals surface area contributed by atoms with Gasteiger partial charge in [0.05, 0.1) is 5.69 Å².